The molecule has 0 bridgehead atoms. The van der Waals surface area contributed by atoms with Gasteiger partial charge in [-0.25, -0.2) is 4.98 Å². The second-order valence-electron chi connectivity index (χ2n) is 7.48. The van der Waals surface area contributed by atoms with E-state index in [4.69, 9.17) is 25.3 Å². The molecule has 0 aliphatic heterocycles. The van der Waals surface area contributed by atoms with Crippen LogP contribution in [-0.2, 0) is 44.7 Å². The zero-order chi connectivity index (χ0) is 22.6. The molecule has 0 radical (unpaired) electrons. The van der Waals surface area contributed by atoms with E-state index < -0.39 is 0 Å². The number of rotatable bonds is 2. The Bertz CT molecular complexity index is 1520. The fraction of sp³-hybridized carbons (Fsp3) is 0. The standard InChI is InChI=1S/C15H11NS.C13H10N2S.Zn/c17-14-8-4-3-7-13(14)15-12-6-2-1-5-11(12)9-10-16-15;16-12-8-4-1-5-9(12)13-14-10-6-2-3-7-11(10)15-13;/h1-10,17H;1-8,16H,(H,14,15);/q;;+2/p-2. The molecule has 0 spiro atoms. The number of aromatic nitrogens is 3. The fourth-order valence-electron chi connectivity index (χ4n) is 3.74. The number of pyridine rings is 1. The Morgan fingerprint density at radius 1 is 0.618 bits per heavy atom. The summed E-state index contributed by atoms with van der Waals surface area (Å²) in [5, 5.41) is 2.34. The smallest absolute Gasteiger partial charge is 0.779 e. The average molecular weight is 527 g/mol. The van der Waals surface area contributed by atoms with E-state index in [1.165, 1.54) is 5.39 Å². The van der Waals surface area contributed by atoms with Gasteiger partial charge in [0, 0.05) is 11.6 Å². The molecule has 34 heavy (non-hydrogen) atoms. The minimum Gasteiger partial charge on any atom is -0.779 e. The Morgan fingerprint density at radius 3 is 1.97 bits per heavy atom. The number of nitrogens with zero attached hydrogens (tertiary/aromatic N) is 2. The van der Waals surface area contributed by atoms with Gasteiger partial charge in [-0.2, -0.15) is 9.79 Å². The van der Waals surface area contributed by atoms with E-state index in [0.29, 0.717) is 0 Å². The van der Waals surface area contributed by atoms with Crippen molar-refractivity contribution < 1.29 is 19.5 Å². The molecule has 1 N–H and O–H groups in total. The van der Waals surface area contributed by atoms with Crippen LogP contribution in [0.4, 0.5) is 0 Å². The zero-order valence-electron chi connectivity index (χ0n) is 18.3. The van der Waals surface area contributed by atoms with Crippen molar-refractivity contribution in [2.75, 3.05) is 0 Å². The molecule has 0 aliphatic rings. The number of fused-ring (bicyclic) bond motifs is 2. The van der Waals surface area contributed by atoms with Crippen LogP contribution in [0.1, 0.15) is 0 Å². The molecule has 0 atom stereocenters. The number of benzene rings is 4. The van der Waals surface area contributed by atoms with Gasteiger partial charge in [0.05, 0.1) is 16.7 Å². The first-order valence-electron chi connectivity index (χ1n) is 10.5. The van der Waals surface area contributed by atoms with Gasteiger partial charge in [-0.3, -0.25) is 4.98 Å². The van der Waals surface area contributed by atoms with E-state index in [1.54, 1.807) is 0 Å². The third-order valence-electron chi connectivity index (χ3n) is 5.35. The van der Waals surface area contributed by atoms with Crippen molar-refractivity contribution in [3.8, 4) is 22.6 Å². The van der Waals surface area contributed by atoms with Gasteiger partial charge in [-0.05, 0) is 34.7 Å². The molecule has 0 saturated heterocycles. The largest absolute Gasteiger partial charge is 2.00 e. The van der Waals surface area contributed by atoms with Crippen molar-refractivity contribution >= 4 is 47.1 Å². The van der Waals surface area contributed by atoms with E-state index in [9.17, 15) is 0 Å². The first-order valence-corrected chi connectivity index (χ1v) is 11.3. The molecule has 160 valence electrons. The SMILES string of the molecule is [S-]c1ccccc1-c1nc2ccccc2[nH]1.[S-]c1ccccc1-c1nccc2ccccc12.[Zn+2]. The quantitative estimate of drug-likeness (QED) is 0.196. The Labute approximate surface area is 222 Å². The van der Waals surface area contributed by atoms with Gasteiger partial charge in [0.2, 0.25) is 0 Å². The summed E-state index contributed by atoms with van der Waals surface area (Å²) in [6.07, 6.45) is 1.83. The summed E-state index contributed by atoms with van der Waals surface area (Å²) in [4.78, 5) is 13.9. The summed E-state index contributed by atoms with van der Waals surface area (Å²) >= 11 is 10.6. The molecule has 2 heterocycles. The molecular formula is C28H19N3S2Zn. The molecule has 0 fully saturated rings. The number of hydrogen-bond donors (Lipinski definition) is 1. The molecule has 4 aromatic carbocycles. The molecule has 6 rings (SSSR count). The summed E-state index contributed by atoms with van der Waals surface area (Å²) < 4.78 is 0. The number of aromatic amines is 1. The third kappa shape index (κ3) is 5.00. The van der Waals surface area contributed by atoms with Crippen LogP contribution in [0, 0.1) is 0 Å². The van der Waals surface area contributed by atoms with E-state index in [1.807, 2.05) is 97.2 Å². The van der Waals surface area contributed by atoms with Crippen LogP contribution in [0.25, 0.3) is 44.5 Å². The summed E-state index contributed by atoms with van der Waals surface area (Å²) in [6, 6.07) is 33.9. The van der Waals surface area contributed by atoms with Gasteiger partial charge in [-0.1, -0.05) is 84.9 Å². The Morgan fingerprint density at radius 2 is 1.24 bits per heavy atom. The van der Waals surface area contributed by atoms with Gasteiger partial charge in [0.25, 0.3) is 0 Å². The maximum atomic E-state index is 5.36. The van der Waals surface area contributed by atoms with Crippen molar-refractivity contribution in [1.82, 2.24) is 15.0 Å². The molecular weight excluding hydrogens is 508 g/mol. The zero-order valence-corrected chi connectivity index (χ0v) is 22.9. The number of H-pyrrole nitrogens is 1. The van der Waals surface area contributed by atoms with Crippen molar-refractivity contribution in [1.29, 1.82) is 0 Å². The van der Waals surface area contributed by atoms with Crippen molar-refractivity contribution in [3.63, 3.8) is 0 Å². The normalized spacial score (nSPS) is 10.4. The van der Waals surface area contributed by atoms with Gasteiger partial charge in [-0.15, -0.1) is 0 Å². The van der Waals surface area contributed by atoms with E-state index in [-0.39, 0.29) is 19.5 Å². The Balaban J connectivity index is 0.000000157. The summed E-state index contributed by atoms with van der Waals surface area (Å²) in [6.45, 7) is 0. The summed E-state index contributed by atoms with van der Waals surface area (Å²) in [7, 11) is 0. The van der Waals surface area contributed by atoms with Gasteiger partial charge in [0.15, 0.2) is 0 Å². The van der Waals surface area contributed by atoms with Crippen molar-refractivity contribution in [2.24, 2.45) is 0 Å². The number of hydrogen-bond acceptors (Lipinski definition) is 4. The minimum atomic E-state index is 0. The van der Waals surface area contributed by atoms with Crippen molar-refractivity contribution in [2.45, 2.75) is 9.79 Å². The van der Waals surface area contributed by atoms with Crippen LogP contribution in [0.3, 0.4) is 0 Å². The van der Waals surface area contributed by atoms with Gasteiger partial charge < -0.3 is 30.2 Å². The van der Waals surface area contributed by atoms with Crippen LogP contribution in [-0.4, -0.2) is 15.0 Å². The monoisotopic (exact) mass is 525 g/mol. The van der Waals surface area contributed by atoms with Crippen LogP contribution in [0.2, 0.25) is 0 Å². The van der Waals surface area contributed by atoms with Crippen LogP contribution < -0.4 is 0 Å². The fourth-order valence-corrected chi connectivity index (χ4v) is 4.23. The van der Waals surface area contributed by atoms with Crippen LogP contribution in [0.5, 0.6) is 0 Å². The predicted molar refractivity (Wildman–Crippen MR) is 140 cm³/mol. The molecule has 2 aromatic heterocycles. The van der Waals surface area contributed by atoms with E-state index in [2.05, 4.69) is 27.1 Å². The van der Waals surface area contributed by atoms with Crippen molar-refractivity contribution in [3.05, 3.63) is 109 Å². The third-order valence-corrected chi connectivity index (χ3v) is 6.06. The molecule has 6 aromatic rings. The molecule has 0 unspecified atom stereocenters. The van der Waals surface area contributed by atoms with Gasteiger partial charge in [0.1, 0.15) is 5.82 Å². The number of imidazole rings is 1. The first kappa shape index (κ1) is 24.0. The van der Waals surface area contributed by atoms with Crippen LogP contribution in [0.15, 0.2) is 119 Å². The summed E-state index contributed by atoms with van der Waals surface area (Å²) in [5.41, 5.74) is 4.98. The van der Waals surface area contributed by atoms with Crippen LogP contribution >= 0.6 is 0 Å². The maximum Gasteiger partial charge on any atom is 2.00 e. The number of para-hydroxylation sites is 2. The molecule has 0 aliphatic carbocycles. The minimum absolute atomic E-state index is 0. The molecule has 0 saturated carbocycles. The first-order chi connectivity index (χ1) is 16.2. The average Bonchev–Trinajstić information content (AvgIpc) is 3.29. The second-order valence-corrected chi connectivity index (χ2v) is 8.36. The topological polar surface area (TPSA) is 41.6 Å². The van der Waals surface area contributed by atoms with E-state index in [0.717, 1.165) is 48.9 Å². The van der Waals surface area contributed by atoms with Gasteiger partial charge >= 0.3 is 19.5 Å². The molecule has 3 nitrogen and oxygen atoms in total. The second kappa shape index (κ2) is 10.8. The summed E-state index contributed by atoms with van der Waals surface area (Å²) in [5.74, 6) is 0.840. The Kier molecular flexibility index (Phi) is 7.64. The molecule has 6 heteroatoms. The maximum absolute atomic E-state index is 5.36. The molecule has 0 amide bonds. The predicted octanol–water partition coefficient (Wildman–Crippen LogP) is 6.94. The number of nitrogens with one attached hydrogen (secondary N) is 1. The Hall–Kier alpha value is -3.18. The van der Waals surface area contributed by atoms with E-state index >= 15 is 0 Å².